The van der Waals surface area contributed by atoms with Gasteiger partial charge in [0, 0.05) is 30.3 Å². The summed E-state index contributed by atoms with van der Waals surface area (Å²) in [6.45, 7) is 0. The molecular formula is C6H12N2O3Sn. The maximum Gasteiger partial charge on any atom is 0.320 e. The molecule has 0 rings (SSSR count). The second kappa shape index (κ2) is 7.35. The van der Waals surface area contributed by atoms with Crippen LogP contribution in [0.4, 0.5) is 0 Å². The van der Waals surface area contributed by atoms with E-state index in [1.807, 2.05) is 0 Å². The van der Waals surface area contributed by atoms with Crippen molar-refractivity contribution in [3.05, 3.63) is 0 Å². The quantitative estimate of drug-likeness (QED) is 0.536. The Morgan fingerprint density at radius 3 is 2.33 bits per heavy atom. The van der Waals surface area contributed by atoms with Crippen LogP contribution in [0.15, 0.2) is 0 Å². The van der Waals surface area contributed by atoms with Gasteiger partial charge in [-0.1, -0.05) is 0 Å². The van der Waals surface area contributed by atoms with Gasteiger partial charge in [-0.2, -0.15) is 0 Å². The van der Waals surface area contributed by atoms with Gasteiger partial charge in [-0.3, -0.25) is 9.59 Å². The molecule has 0 saturated heterocycles. The van der Waals surface area contributed by atoms with Gasteiger partial charge < -0.3 is 16.2 Å². The van der Waals surface area contributed by atoms with Gasteiger partial charge in [0.25, 0.3) is 0 Å². The molecule has 6 heteroatoms. The van der Waals surface area contributed by atoms with Crippen LogP contribution in [0.2, 0.25) is 0 Å². The van der Waals surface area contributed by atoms with Gasteiger partial charge in [0.2, 0.25) is 5.91 Å². The number of rotatable bonds is 5. The van der Waals surface area contributed by atoms with Gasteiger partial charge in [-0.15, -0.1) is 0 Å². The van der Waals surface area contributed by atoms with Crippen molar-refractivity contribution in [3.8, 4) is 0 Å². The summed E-state index contributed by atoms with van der Waals surface area (Å²) in [4.78, 5) is 20.6. The molecule has 0 heterocycles. The smallest absolute Gasteiger partial charge is 0.320 e. The van der Waals surface area contributed by atoms with Gasteiger partial charge in [-0.05, 0) is 13.5 Å². The summed E-state index contributed by atoms with van der Waals surface area (Å²) in [6, 6.07) is -0.678. The molecule has 0 unspecified atom stereocenters. The van der Waals surface area contributed by atoms with Gasteiger partial charge in [0.05, 0.1) is 0 Å². The zero-order valence-electron chi connectivity index (χ0n) is 6.83. The molecule has 0 spiro atoms. The monoisotopic (exact) mass is 280 g/mol. The van der Waals surface area contributed by atoms with Crippen molar-refractivity contribution < 1.29 is 14.7 Å². The van der Waals surface area contributed by atoms with Crippen molar-refractivity contribution in [2.24, 2.45) is 5.73 Å². The maximum atomic E-state index is 10.3. The van der Waals surface area contributed by atoms with Crippen LogP contribution >= 0.6 is 0 Å². The minimum Gasteiger partial charge on any atom is -0.480 e. The van der Waals surface area contributed by atoms with Crippen LogP contribution in [-0.2, 0) is 9.59 Å². The van der Waals surface area contributed by atoms with Gasteiger partial charge in [-0.25, -0.2) is 0 Å². The number of aliphatic carboxylic acids is 1. The number of carboxylic acids is 1. The van der Waals surface area contributed by atoms with Crippen LogP contribution < -0.4 is 11.1 Å². The predicted molar refractivity (Wildman–Crippen MR) is 44.7 cm³/mol. The molecule has 0 aromatic heterocycles. The molecule has 4 N–H and O–H groups in total. The Morgan fingerprint density at radius 1 is 1.58 bits per heavy atom. The maximum absolute atomic E-state index is 10.3. The Bertz CT molecular complexity index is 163. The summed E-state index contributed by atoms with van der Waals surface area (Å²) < 4.78 is 0. The minimum atomic E-state index is -0.964. The first-order valence-corrected chi connectivity index (χ1v) is 3.26. The number of amides is 1. The Morgan fingerprint density at radius 2 is 2.08 bits per heavy atom. The van der Waals surface area contributed by atoms with E-state index in [9.17, 15) is 9.59 Å². The van der Waals surface area contributed by atoms with E-state index in [0.717, 1.165) is 0 Å². The standard InChI is InChI=1S/C6H12N2O3.Sn/c1-8-4(6(10)11)2-3-5(7)9;/h4,8H,2-3H2,1H3,(H2,7,9)(H,10,11);/t4-;/m0./s1. The topological polar surface area (TPSA) is 92.4 Å². The van der Waals surface area contributed by atoms with Crippen LogP contribution in [0.5, 0.6) is 0 Å². The Balaban J connectivity index is 0. The third-order valence-electron chi connectivity index (χ3n) is 1.33. The first-order valence-electron chi connectivity index (χ1n) is 3.26. The molecule has 0 aromatic carbocycles. The van der Waals surface area contributed by atoms with Crippen molar-refractivity contribution in [1.29, 1.82) is 0 Å². The zero-order valence-corrected chi connectivity index (χ0v) is 9.69. The third-order valence-corrected chi connectivity index (χ3v) is 1.33. The summed E-state index contributed by atoms with van der Waals surface area (Å²) in [5.41, 5.74) is 4.84. The largest absolute Gasteiger partial charge is 0.480 e. The van der Waals surface area contributed by atoms with Crippen LogP contribution in [0.1, 0.15) is 12.8 Å². The molecule has 4 radical (unpaired) electrons. The number of nitrogens with two attached hydrogens (primary N) is 1. The van der Waals surface area contributed by atoms with Crippen molar-refractivity contribution in [3.63, 3.8) is 0 Å². The summed E-state index contributed by atoms with van der Waals surface area (Å²) >= 11 is 0. The molecule has 0 saturated carbocycles. The molecule has 5 nitrogen and oxygen atoms in total. The second-order valence-corrected chi connectivity index (χ2v) is 2.18. The second-order valence-electron chi connectivity index (χ2n) is 2.18. The summed E-state index contributed by atoms with van der Waals surface area (Å²) in [5.74, 6) is -1.44. The van der Waals surface area contributed by atoms with E-state index in [0.29, 0.717) is 0 Å². The Labute approximate surface area is 87.6 Å². The molecule has 1 atom stereocenters. The molecule has 1 amide bonds. The van der Waals surface area contributed by atoms with E-state index in [2.05, 4.69) is 5.32 Å². The van der Waals surface area contributed by atoms with Gasteiger partial charge in [0.15, 0.2) is 0 Å². The van der Waals surface area contributed by atoms with E-state index in [-0.39, 0.29) is 36.7 Å². The van der Waals surface area contributed by atoms with E-state index in [1.54, 1.807) is 0 Å². The molecular weight excluding hydrogens is 267 g/mol. The number of nitrogens with one attached hydrogen (secondary N) is 1. The van der Waals surface area contributed by atoms with Crippen LogP contribution in [-0.4, -0.2) is 54.0 Å². The average molecular weight is 279 g/mol. The van der Waals surface area contributed by atoms with Crippen molar-refractivity contribution in [2.75, 3.05) is 7.05 Å². The van der Waals surface area contributed by atoms with Crippen molar-refractivity contribution >= 4 is 35.8 Å². The van der Waals surface area contributed by atoms with E-state index in [4.69, 9.17) is 10.8 Å². The number of hydrogen-bond donors (Lipinski definition) is 3. The van der Waals surface area contributed by atoms with Crippen molar-refractivity contribution in [2.45, 2.75) is 18.9 Å². The fourth-order valence-electron chi connectivity index (χ4n) is 0.678. The first-order chi connectivity index (χ1) is 5.07. The normalized spacial score (nSPS) is 11.4. The fourth-order valence-corrected chi connectivity index (χ4v) is 0.678. The Hall–Kier alpha value is -0.301. The fraction of sp³-hybridized carbons (Fsp3) is 0.667. The third kappa shape index (κ3) is 6.41. The number of primary amides is 1. The first kappa shape index (κ1) is 14.2. The molecule has 12 heavy (non-hydrogen) atoms. The van der Waals surface area contributed by atoms with Crippen LogP contribution in [0.3, 0.4) is 0 Å². The van der Waals surface area contributed by atoms with Crippen molar-refractivity contribution in [1.82, 2.24) is 5.32 Å². The summed E-state index contributed by atoms with van der Waals surface area (Å²) in [7, 11) is 1.53. The van der Waals surface area contributed by atoms with E-state index < -0.39 is 17.9 Å². The zero-order chi connectivity index (χ0) is 8.85. The van der Waals surface area contributed by atoms with Gasteiger partial charge in [0.1, 0.15) is 6.04 Å². The summed E-state index contributed by atoms with van der Waals surface area (Å²) in [5, 5.41) is 11.0. The SMILES string of the molecule is CN[C@@H](CCC(N)=O)C(=O)O.[Sn]. The number of carbonyl (C=O) groups excluding carboxylic acids is 1. The molecule has 68 valence electrons. The number of carbonyl (C=O) groups is 2. The Kier molecular flexibility index (Phi) is 8.72. The number of carboxylic acid groups (broad SMARTS) is 1. The average Bonchev–Trinajstić information content (AvgIpc) is 1.87. The van der Waals surface area contributed by atoms with Crippen LogP contribution in [0, 0.1) is 0 Å². The number of hydrogen-bond acceptors (Lipinski definition) is 3. The van der Waals surface area contributed by atoms with Crippen LogP contribution in [0.25, 0.3) is 0 Å². The van der Waals surface area contributed by atoms with Gasteiger partial charge >= 0.3 is 5.97 Å². The van der Waals surface area contributed by atoms with E-state index >= 15 is 0 Å². The molecule has 0 fully saturated rings. The minimum absolute atomic E-state index is 0. The molecule has 0 aromatic rings. The van der Waals surface area contributed by atoms with E-state index in [1.165, 1.54) is 7.05 Å². The predicted octanol–water partition coefficient (Wildman–Crippen LogP) is -1.46. The molecule has 0 aliphatic rings. The molecule has 0 aliphatic heterocycles. The number of likely N-dealkylation sites (N-methyl/N-ethyl adjacent to an activating group) is 1. The summed E-state index contributed by atoms with van der Waals surface area (Å²) in [6.07, 6.45) is 0.332. The molecule has 0 aliphatic carbocycles. The molecule has 0 bridgehead atoms.